The maximum atomic E-state index is 12.9. The van der Waals surface area contributed by atoms with Crippen molar-refractivity contribution < 1.29 is 13.2 Å². The summed E-state index contributed by atoms with van der Waals surface area (Å²) in [5.74, 6) is 0.486. The fourth-order valence-corrected chi connectivity index (χ4v) is 3.50. The molecule has 3 N–H and O–H groups in total. The van der Waals surface area contributed by atoms with Crippen molar-refractivity contribution >= 4 is 5.69 Å². The van der Waals surface area contributed by atoms with Crippen LogP contribution < -0.4 is 11.3 Å². The van der Waals surface area contributed by atoms with Crippen LogP contribution in [0.1, 0.15) is 22.4 Å². The second-order valence-electron chi connectivity index (χ2n) is 7.12. The number of aromatic nitrogens is 2. The van der Waals surface area contributed by atoms with Gasteiger partial charge in [-0.05, 0) is 35.9 Å². The molecular formula is C21H19F3N4O. The van der Waals surface area contributed by atoms with Crippen molar-refractivity contribution in [3.63, 3.8) is 0 Å². The minimum Gasteiger partial charge on any atom is -0.399 e. The van der Waals surface area contributed by atoms with E-state index in [2.05, 4.69) is 9.97 Å². The number of halogens is 3. The summed E-state index contributed by atoms with van der Waals surface area (Å²) in [6, 6.07) is 12.4. The Balaban J connectivity index is 1.55. The lowest BCUT2D eigenvalue weighted by molar-refractivity contribution is -0.137. The van der Waals surface area contributed by atoms with Gasteiger partial charge < -0.3 is 10.7 Å². The average Bonchev–Trinajstić information content (AvgIpc) is 2.68. The zero-order chi connectivity index (χ0) is 20.6. The van der Waals surface area contributed by atoms with E-state index in [9.17, 15) is 18.0 Å². The molecule has 1 aliphatic rings. The Kier molecular flexibility index (Phi) is 4.87. The van der Waals surface area contributed by atoms with Crippen molar-refractivity contribution in [2.24, 2.45) is 0 Å². The quantitative estimate of drug-likeness (QED) is 0.659. The number of hydrogen-bond donors (Lipinski definition) is 2. The first-order valence-electron chi connectivity index (χ1n) is 9.16. The Morgan fingerprint density at radius 2 is 1.90 bits per heavy atom. The van der Waals surface area contributed by atoms with E-state index in [4.69, 9.17) is 5.73 Å². The third-order valence-corrected chi connectivity index (χ3v) is 4.99. The van der Waals surface area contributed by atoms with Gasteiger partial charge in [-0.25, -0.2) is 4.98 Å². The molecule has 0 radical (unpaired) electrons. The van der Waals surface area contributed by atoms with Crippen molar-refractivity contribution in [2.45, 2.75) is 25.7 Å². The normalized spacial score (nSPS) is 14.6. The number of fused-ring (bicyclic) bond motifs is 1. The number of nitrogens with zero attached hydrogens (tertiary/aromatic N) is 2. The summed E-state index contributed by atoms with van der Waals surface area (Å²) in [5.41, 5.74) is 8.04. The summed E-state index contributed by atoms with van der Waals surface area (Å²) >= 11 is 0. The Bertz CT molecular complexity index is 1090. The number of aromatic amines is 1. The van der Waals surface area contributed by atoms with E-state index in [1.807, 2.05) is 4.90 Å². The molecule has 0 aliphatic carbocycles. The Morgan fingerprint density at radius 3 is 2.62 bits per heavy atom. The highest BCUT2D eigenvalue weighted by Gasteiger charge is 2.30. The van der Waals surface area contributed by atoms with E-state index in [0.717, 1.165) is 23.4 Å². The molecule has 0 amide bonds. The number of benzene rings is 2. The second-order valence-corrected chi connectivity index (χ2v) is 7.12. The van der Waals surface area contributed by atoms with E-state index in [0.29, 0.717) is 48.7 Å². The molecule has 2 aromatic carbocycles. The third kappa shape index (κ3) is 4.17. The Labute approximate surface area is 165 Å². The van der Waals surface area contributed by atoms with Gasteiger partial charge in [0, 0.05) is 37.3 Å². The maximum Gasteiger partial charge on any atom is 0.416 e. The van der Waals surface area contributed by atoms with Crippen LogP contribution in [0.25, 0.3) is 11.4 Å². The molecule has 3 aromatic rings. The zero-order valence-electron chi connectivity index (χ0n) is 15.5. The van der Waals surface area contributed by atoms with Gasteiger partial charge in [0.25, 0.3) is 5.56 Å². The summed E-state index contributed by atoms with van der Waals surface area (Å²) in [6.45, 7) is 1.29. The third-order valence-electron chi connectivity index (χ3n) is 4.99. The van der Waals surface area contributed by atoms with Crippen LogP contribution in [0, 0.1) is 0 Å². The first-order valence-corrected chi connectivity index (χ1v) is 9.16. The van der Waals surface area contributed by atoms with Crippen molar-refractivity contribution in [1.82, 2.24) is 14.9 Å². The standard InChI is InChI=1S/C21H19F3N4O/c22-21(23,24)15-3-1-2-13(10-15)11-28-9-8-18-17(12-28)20(29)27-19(26-18)14-4-6-16(25)7-5-14/h1-7,10H,8-9,11-12,25H2,(H,26,27,29). The first-order chi connectivity index (χ1) is 13.8. The molecule has 1 aliphatic heterocycles. The van der Waals surface area contributed by atoms with Crippen LogP contribution in [-0.4, -0.2) is 21.4 Å². The number of nitrogens with two attached hydrogens (primary N) is 1. The summed E-state index contributed by atoms with van der Waals surface area (Å²) in [4.78, 5) is 22.0. The van der Waals surface area contributed by atoms with E-state index < -0.39 is 11.7 Å². The van der Waals surface area contributed by atoms with Gasteiger partial charge in [-0.2, -0.15) is 13.2 Å². The molecule has 0 unspecified atom stereocenters. The van der Waals surface area contributed by atoms with Crippen LogP contribution >= 0.6 is 0 Å². The van der Waals surface area contributed by atoms with Gasteiger partial charge in [0.15, 0.2) is 0 Å². The number of rotatable bonds is 3. The van der Waals surface area contributed by atoms with E-state index in [1.165, 1.54) is 6.07 Å². The van der Waals surface area contributed by atoms with Crippen molar-refractivity contribution in [3.8, 4) is 11.4 Å². The highest BCUT2D eigenvalue weighted by Crippen LogP contribution is 2.30. The SMILES string of the molecule is Nc1ccc(-c2nc3c(c(=O)[nH]2)CN(Cc2cccc(C(F)(F)F)c2)CC3)cc1. The lowest BCUT2D eigenvalue weighted by Gasteiger charge is -2.28. The number of nitrogens with one attached hydrogen (secondary N) is 1. The van der Waals surface area contributed by atoms with Crippen LogP contribution in [0.15, 0.2) is 53.3 Å². The molecule has 0 saturated heterocycles. The van der Waals surface area contributed by atoms with Crippen LogP contribution in [0.5, 0.6) is 0 Å². The topological polar surface area (TPSA) is 75.0 Å². The molecule has 2 heterocycles. The van der Waals surface area contributed by atoms with Crippen LogP contribution in [0.4, 0.5) is 18.9 Å². The molecule has 1 aromatic heterocycles. The lowest BCUT2D eigenvalue weighted by atomic mass is 10.0. The molecular weight excluding hydrogens is 381 g/mol. The van der Waals surface area contributed by atoms with Gasteiger partial charge in [0.2, 0.25) is 0 Å². The zero-order valence-corrected chi connectivity index (χ0v) is 15.5. The molecule has 0 saturated carbocycles. The molecule has 0 atom stereocenters. The maximum absolute atomic E-state index is 12.9. The molecule has 5 nitrogen and oxygen atoms in total. The predicted molar refractivity (Wildman–Crippen MR) is 104 cm³/mol. The molecule has 4 rings (SSSR count). The van der Waals surface area contributed by atoms with E-state index in [-0.39, 0.29) is 5.56 Å². The molecule has 0 fully saturated rings. The van der Waals surface area contributed by atoms with Gasteiger partial charge in [0.1, 0.15) is 5.82 Å². The minimum atomic E-state index is -4.37. The highest BCUT2D eigenvalue weighted by molar-refractivity contribution is 5.58. The first kappa shape index (κ1) is 19.2. The highest BCUT2D eigenvalue weighted by atomic mass is 19.4. The van der Waals surface area contributed by atoms with Crippen LogP contribution in [-0.2, 0) is 25.7 Å². The van der Waals surface area contributed by atoms with Gasteiger partial charge in [-0.3, -0.25) is 9.69 Å². The minimum absolute atomic E-state index is 0.226. The summed E-state index contributed by atoms with van der Waals surface area (Å²) in [7, 11) is 0. The van der Waals surface area contributed by atoms with Gasteiger partial charge in [-0.1, -0.05) is 18.2 Å². The number of anilines is 1. The number of alkyl halides is 3. The molecule has 8 heteroatoms. The fraction of sp³-hybridized carbons (Fsp3) is 0.238. The molecule has 0 bridgehead atoms. The van der Waals surface area contributed by atoms with Gasteiger partial charge in [0.05, 0.1) is 16.8 Å². The fourth-order valence-electron chi connectivity index (χ4n) is 3.50. The largest absolute Gasteiger partial charge is 0.416 e. The van der Waals surface area contributed by atoms with Crippen molar-refractivity contribution in [1.29, 1.82) is 0 Å². The number of H-pyrrole nitrogens is 1. The molecule has 150 valence electrons. The average molecular weight is 400 g/mol. The number of nitrogen functional groups attached to an aromatic ring is 1. The van der Waals surface area contributed by atoms with Gasteiger partial charge in [-0.15, -0.1) is 0 Å². The summed E-state index contributed by atoms with van der Waals surface area (Å²) in [5, 5.41) is 0. The predicted octanol–water partition coefficient (Wildman–Crippen LogP) is 3.60. The van der Waals surface area contributed by atoms with Crippen LogP contribution in [0.2, 0.25) is 0 Å². The molecule has 0 spiro atoms. The second kappa shape index (κ2) is 7.36. The Hall–Kier alpha value is -3.13. The lowest BCUT2D eigenvalue weighted by Crippen LogP contribution is -2.35. The summed E-state index contributed by atoms with van der Waals surface area (Å²) in [6.07, 6.45) is -3.82. The van der Waals surface area contributed by atoms with Crippen molar-refractivity contribution in [2.75, 3.05) is 12.3 Å². The number of hydrogen-bond acceptors (Lipinski definition) is 4. The molecule has 29 heavy (non-hydrogen) atoms. The van der Waals surface area contributed by atoms with Crippen molar-refractivity contribution in [3.05, 3.63) is 81.3 Å². The van der Waals surface area contributed by atoms with Crippen LogP contribution in [0.3, 0.4) is 0 Å². The van der Waals surface area contributed by atoms with E-state index in [1.54, 1.807) is 30.3 Å². The smallest absolute Gasteiger partial charge is 0.399 e. The Morgan fingerprint density at radius 1 is 1.14 bits per heavy atom. The summed E-state index contributed by atoms with van der Waals surface area (Å²) < 4.78 is 38.8. The van der Waals surface area contributed by atoms with E-state index >= 15 is 0 Å². The van der Waals surface area contributed by atoms with Gasteiger partial charge >= 0.3 is 6.18 Å². The monoisotopic (exact) mass is 400 g/mol.